The van der Waals surface area contributed by atoms with E-state index in [1.807, 2.05) is 0 Å². The van der Waals surface area contributed by atoms with Crippen molar-refractivity contribution in [2.75, 3.05) is 17.3 Å². The summed E-state index contributed by atoms with van der Waals surface area (Å²) >= 11 is 0. The number of rotatable bonds is 5. The van der Waals surface area contributed by atoms with E-state index in [1.54, 1.807) is 37.3 Å². The maximum Gasteiger partial charge on any atom is 0.282 e. The van der Waals surface area contributed by atoms with E-state index >= 15 is 0 Å². The molecule has 1 N–H and O–H groups in total. The minimum atomic E-state index is -0.533. The Morgan fingerprint density at radius 2 is 1.93 bits per heavy atom. The number of non-ortho nitro benzene ring substituents is 1. The lowest BCUT2D eigenvalue weighted by Crippen LogP contribution is -2.30. The maximum atomic E-state index is 12.9. The van der Waals surface area contributed by atoms with Crippen LogP contribution < -0.4 is 15.0 Å². The molecule has 2 amide bonds. The molecule has 9 nitrogen and oxygen atoms in total. The van der Waals surface area contributed by atoms with Crippen LogP contribution >= 0.6 is 0 Å². The van der Waals surface area contributed by atoms with Crippen LogP contribution in [-0.4, -0.2) is 29.7 Å². The molecule has 0 aliphatic carbocycles. The number of ether oxygens (including phenoxy) is 1. The van der Waals surface area contributed by atoms with Crippen LogP contribution in [0.1, 0.15) is 19.4 Å². The van der Waals surface area contributed by atoms with Gasteiger partial charge in [-0.05, 0) is 36.8 Å². The summed E-state index contributed by atoms with van der Waals surface area (Å²) in [5.41, 5.74) is 1.83. The number of aliphatic imine (C=N–C) groups is 1. The minimum Gasteiger partial charge on any atom is -0.494 e. The number of hydrogen-bond donors (Lipinski definition) is 1. The molecular formula is C20H18N4O5. The van der Waals surface area contributed by atoms with Gasteiger partial charge < -0.3 is 10.1 Å². The van der Waals surface area contributed by atoms with Crippen molar-refractivity contribution in [3.8, 4) is 5.75 Å². The van der Waals surface area contributed by atoms with E-state index in [1.165, 1.54) is 37.1 Å². The minimum absolute atomic E-state index is 0.137. The predicted molar refractivity (Wildman–Crippen MR) is 109 cm³/mol. The summed E-state index contributed by atoms with van der Waals surface area (Å²) in [5.74, 6) is 0.0712. The molecule has 29 heavy (non-hydrogen) atoms. The number of methoxy groups -OCH3 is 1. The van der Waals surface area contributed by atoms with Crippen LogP contribution in [-0.2, 0) is 9.59 Å². The highest BCUT2D eigenvalue weighted by molar-refractivity contribution is 6.28. The Morgan fingerprint density at radius 1 is 1.24 bits per heavy atom. The topological polar surface area (TPSA) is 114 Å². The fourth-order valence-corrected chi connectivity index (χ4v) is 2.90. The van der Waals surface area contributed by atoms with E-state index < -0.39 is 4.92 Å². The van der Waals surface area contributed by atoms with Gasteiger partial charge in [0.1, 0.15) is 17.3 Å². The Hall–Kier alpha value is -4.01. The van der Waals surface area contributed by atoms with Gasteiger partial charge in [-0.1, -0.05) is 12.1 Å². The highest BCUT2D eigenvalue weighted by atomic mass is 16.6. The lowest BCUT2D eigenvalue weighted by Gasteiger charge is -2.18. The predicted octanol–water partition coefficient (Wildman–Crippen LogP) is 3.37. The molecule has 148 valence electrons. The van der Waals surface area contributed by atoms with Crippen LogP contribution in [0.25, 0.3) is 6.08 Å². The summed E-state index contributed by atoms with van der Waals surface area (Å²) in [7, 11) is 1.38. The van der Waals surface area contributed by atoms with Crippen molar-refractivity contribution < 1.29 is 19.2 Å². The number of carbonyl (C=O) groups is 2. The van der Waals surface area contributed by atoms with Gasteiger partial charge in [0.25, 0.3) is 11.6 Å². The van der Waals surface area contributed by atoms with Crippen LogP contribution in [0.15, 0.2) is 53.2 Å². The maximum absolute atomic E-state index is 12.9. The van der Waals surface area contributed by atoms with Crippen molar-refractivity contribution in [2.24, 2.45) is 4.99 Å². The number of carbonyl (C=O) groups excluding carboxylic acids is 2. The van der Waals surface area contributed by atoms with Crippen LogP contribution in [0.2, 0.25) is 0 Å². The molecule has 1 aliphatic rings. The van der Waals surface area contributed by atoms with E-state index in [4.69, 9.17) is 4.74 Å². The molecule has 2 aromatic rings. The van der Waals surface area contributed by atoms with Gasteiger partial charge in [-0.15, -0.1) is 0 Å². The lowest BCUT2D eigenvalue weighted by molar-refractivity contribution is -0.384. The van der Waals surface area contributed by atoms with Gasteiger partial charge in [0.05, 0.1) is 23.8 Å². The van der Waals surface area contributed by atoms with Crippen LogP contribution in [0, 0.1) is 10.1 Å². The van der Waals surface area contributed by atoms with E-state index in [-0.39, 0.29) is 28.9 Å². The Balaban J connectivity index is 1.90. The second kappa shape index (κ2) is 7.93. The van der Waals surface area contributed by atoms with Crippen molar-refractivity contribution in [1.82, 2.24) is 0 Å². The molecule has 0 aromatic heterocycles. The van der Waals surface area contributed by atoms with Crippen molar-refractivity contribution >= 4 is 40.8 Å². The van der Waals surface area contributed by atoms with Gasteiger partial charge in [-0.3, -0.25) is 24.6 Å². The Labute approximate surface area is 166 Å². The molecule has 9 heteroatoms. The molecular weight excluding hydrogens is 376 g/mol. The van der Waals surface area contributed by atoms with Crippen LogP contribution in [0.4, 0.5) is 17.1 Å². The fraction of sp³-hybridized carbons (Fsp3) is 0.150. The first-order valence-electron chi connectivity index (χ1n) is 8.61. The van der Waals surface area contributed by atoms with Gasteiger partial charge in [-0.25, -0.2) is 4.99 Å². The van der Waals surface area contributed by atoms with E-state index in [0.29, 0.717) is 17.2 Å². The molecule has 0 unspecified atom stereocenters. The van der Waals surface area contributed by atoms with Gasteiger partial charge in [-0.2, -0.15) is 0 Å². The van der Waals surface area contributed by atoms with Crippen LogP contribution in [0.5, 0.6) is 5.75 Å². The number of nitro benzene ring substituents is 1. The second-order valence-corrected chi connectivity index (χ2v) is 6.25. The zero-order chi connectivity index (χ0) is 21.1. The van der Waals surface area contributed by atoms with Gasteiger partial charge in [0.2, 0.25) is 5.91 Å². The summed E-state index contributed by atoms with van der Waals surface area (Å²) in [5, 5.41) is 13.7. The molecule has 0 saturated carbocycles. The smallest absolute Gasteiger partial charge is 0.282 e. The Bertz CT molecular complexity index is 1060. The average molecular weight is 394 g/mol. The number of anilines is 2. The first-order valence-corrected chi connectivity index (χ1v) is 8.61. The van der Waals surface area contributed by atoms with E-state index in [9.17, 15) is 19.7 Å². The zero-order valence-electron chi connectivity index (χ0n) is 16.0. The molecule has 2 aromatic carbocycles. The first-order chi connectivity index (χ1) is 13.8. The quantitative estimate of drug-likeness (QED) is 0.474. The summed E-state index contributed by atoms with van der Waals surface area (Å²) < 4.78 is 5.24. The third-order valence-electron chi connectivity index (χ3n) is 4.18. The monoisotopic (exact) mass is 394 g/mol. The highest BCUT2D eigenvalue weighted by Crippen LogP contribution is 2.35. The number of amides is 2. The number of amidine groups is 1. The molecule has 0 spiro atoms. The lowest BCUT2D eigenvalue weighted by atomic mass is 10.1. The summed E-state index contributed by atoms with van der Waals surface area (Å²) in [6, 6.07) is 11.0. The molecule has 0 atom stereocenters. The molecule has 1 aliphatic heterocycles. The summed E-state index contributed by atoms with van der Waals surface area (Å²) in [4.78, 5) is 40.1. The third kappa shape index (κ3) is 4.13. The van der Waals surface area contributed by atoms with Gasteiger partial charge >= 0.3 is 0 Å². The van der Waals surface area contributed by atoms with Gasteiger partial charge in [0, 0.05) is 18.7 Å². The zero-order valence-corrected chi connectivity index (χ0v) is 16.0. The largest absolute Gasteiger partial charge is 0.494 e. The average Bonchev–Trinajstić information content (AvgIpc) is 2.95. The highest BCUT2D eigenvalue weighted by Gasteiger charge is 2.31. The fourth-order valence-electron chi connectivity index (χ4n) is 2.90. The second-order valence-electron chi connectivity index (χ2n) is 6.25. The number of nitro groups is 1. The number of nitrogens with zero attached hydrogens (tertiary/aromatic N) is 3. The molecule has 0 radical (unpaired) electrons. The molecule has 3 rings (SSSR count). The van der Waals surface area contributed by atoms with Crippen molar-refractivity contribution in [3.63, 3.8) is 0 Å². The molecule has 1 heterocycles. The molecule has 0 bridgehead atoms. The first kappa shape index (κ1) is 19.7. The normalized spacial score (nSPS) is 14.7. The standard InChI is InChI=1S/C20H18N4O5/c1-12-21-17(10-14-4-6-15(7-5-14)22-13(2)25)20(26)23(12)18-9-8-16(24(27)28)11-19(18)29-3/h4-11H,1-3H3,(H,22,25)/b17-10+. The van der Waals surface area contributed by atoms with E-state index in [0.717, 1.165) is 5.56 Å². The molecule has 0 saturated heterocycles. The van der Waals surface area contributed by atoms with E-state index in [2.05, 4.69) is 10.3 Å². The van der Waals surface area contributed by atoms with Crippen LogP contribution in [0.3, 0.4) is 0 Å². The van der Waals surface area contributed by atoms with Gasteiger partial charge in [0.15, 0.2) is 0 Å². The Morgan fingerprint density at radius 3 is 2.52 bits per heavy atom. The van der Waals surface area contributed by atoms with Crippen molar-refractivity contribution in [3.05, 3.63) is 63.8 Å². The summed E-state index contributed by atoms with van der Waals surface area (Å²) in [6.45, 7) is 3.09. The number of benzene rings is 2. The van der Waals surface area contributed by atoms with Crippen molar-refractivity contribution in [2.45, 2.75) is 13.8 Å². The van der Waals surface area contributed by atoms with Crippen molar-refractivity contribution in [1.29, 1.82) is 0 Å². The number of nitrogens with one attached hydrogen (secondary N) is 1. The summed E-state index contributed by atoms with van der Waals surface area (Å²) in [6.07, 6.45) is 1.63. The third-order valence-corrected chi connectivity index (χ3v) is 4.18. The number of hydrogen-bond acceptors (Lipinski definition) is 6. The SMILES string of the molecule is COc1cc([N+](=O)[O-])ccc1N1C(=O)/C(=C\c2ccc(NC(C)=O)cc2)N=C1C. The Kier molecular flexibility index (Phi) is 5.40. The molecule has 0 fully saturated rings.